The number of furan rings is 1. The van der Waals surface area contributed by atoms with E-state index in [9.17, 15) is 0 Å². The monoisotopic (exact) mass is 348 g/mol. The van der Waals surface area contributed by atoms with Gasteiger partial charge in [-0.05, 0) is 53.3 Å². The van der Waals surface area contributed by atoms with Crippen LogP contribution in [0.3, 0.4) is 0 Å². The first-order valence-corrected chi connectivity index (χ1v) is 6.21. The molecule has 0 aromatic carbocycles. The molecule has 0 unspecified atom stereocenters. The van der Waals surface area contributed by atoms with Crippen molar-refractivity contribution in [1.82, 2.24) is 4.98 Å². The third-order valence-electron chi connectivity index (χ3n) is 2.06. The molecule has 2 rings (SSSR count). The van der Waals surface area contributed by atoms with Gasteiger partial charge in [-0.1, -0.05) is 11.6 Å². The van der Waals surface area contributed by atoms with Gasteiger partial charge < -0.3 is 9.73 Å². The summed E-state index contributed by atoms with van der Waals surface area (Å²) in [6, 6.07) is 5.82. The Morgan fingerprint density at radius 1 is 1.50 bits per heavy atom. The van der Waals surface area contributed by atoms with Crippen LogP contribution in [0.1, 0.15) is 11.3 Å². The Hall–Kier alpha value is -0.750. The van der Waals surface area contributed by atoms with E-state index in [1.165, 1.54) is 0 Å². The maximum atomic E-state index is 5.96. The Labute approximate surface area is 112 Å². The van der Waals surface area contributed by atoms with Crippen LogP contribution in [0.4, 0.5) is 5.69 Å². The van der Waals surface area contributed by atoms with Gasteiger partial charge in [0.2, 0.25) is 0 Å². The molecule has 5 heteroatoms. The molecular formula is C11H10ClIN2O. The van der Waals surface area contributed by atoms with Crippen molar-refractivity contribution in [1.29, 1.82) is 0 Å². The van der Waals surface area contributed by atoms with Gasteiger partial charge >= 0.3 is 0 Å². The number of nitrogens with zero attached hydrogens (tertiary/aromatic N) is 1. The van der Waals surface area contributed by atoms with Crippen LogP contribution in [0.25, 0.3) is 0 Å². The highest BCUT2D eigenvalue weighted by Crippen LogP contribution is 2.21. The second-order valence-electron chi connectivity index (χ2n) is 3.41. The first-order chi connectivity index (χ1) is 7.65. The molecule has 3 nitrogen and oxygen atoms in total. The Morgan fingerprint density at radius 3 is 3.00 bits per heavy atom. The number of halogens is 2. The number of aromatic nitrogens is 1. The summed E-state index contributed by atoms with van der Waals surface area (Å²) in [5.74, 6) is 0.877. The largest absolute Gasteiger partial charge is 0.454 e. The van der Waals surface area contributed by atoms with Crippen LogP contribution in [0.2, 0.25) is 5.15 Å². The normalized spacial score (nSPS) is 10.4. The third-order valence-corrected chi connectivity index (χ3v) is 2.94. The highest BCUT2D eigenvalue weighted by atomic mass is 127. The number of hydrogen-bond donors (Lipinski definition) is 1. The van der Waals surface area contributed by atoms with Gasteiger partial charge in [0.05, 0.1) is 12.2 Å². The highest BCUT2D eigenvalue weighted by molar-refractivity contribution is 14.1. The predicted octanol–water partition coefficient (Wildman–Crippen LogP) is 3.85. The molecule has 84 valence electrons. The topological polar surface area (TPSA) is 38.1 Å². The average Bonchev–Trinajstić information content (AvgIpc) is 2.66. The lowest BCUT2D eigenvalue weighted by Gasteiger charge is -2.06. The number of nitrogens with one attached hydrogen (secondary N) is 1. The zero-order chi connectivity index (χ0) is 11.5. The molecule has 0 amide bonds. The van der Waals surface area contributed by atoms with E-state index in [1.807, 2.05) is 25.1 Å². The molecular weight excluding hydrogens is 338 g/mol. The van der Waals surface area contributed by atoms with Crippen LogP contribution in [0.5, 0.6) is 0 Å². The smallest absolute Gasteiger partial charge is 0.164 e. The van der Waals surface area contributed by atoms with E-state index >= 15 is 0 Å². The van der Waals surface area contributed by atoms with Gasteiger partial charge in [0.15, 0.2) is 8.92 Å². The average molecular weight is 349 g/mol. The second-order valence-corrected chi connectivity index (χ2v) is 4.83. The zero-order valence-electron chi connectivity index (χ0n) is 8.63. The van der Waals surface area contributed by atoms with Crippen molar-refractivity contribution in [3.8, 4) is 0 Å². The highest BCUT2D eigenvalue weighted by Gasteiger charge is 2.03. The lowest BCUT2D eigenvalue weighted by Crippen LogP contribution is -2.00. The molecule has 0 atom stereocenters. The van der Waals surface area contributed by atoms with Crippen LogP contribution in [0.15, 0.2) is 28.8 Å². The fourth-order valence-corrected chi connectivity index (χ4v) is 1.94. The summed E-state index contributed by atoms with van der Waals surface area (Å²) in [6.07, 6.45) is 1.74. The van der Waals surface area contributed by atoms with Gasteiger partial charge in [-0.2, -0.15) is 0 Å². The van der Waals surface area contributed by atoms with Crippen molar-refractivity contribution in [2.24, 2.45) is 0 Å². The lowest BCUT2D eigenvalue weighted by molar-refractivity contribution is 0.493. The van der Waals surface area contributed by atoms with Crippen LogP contribution >= 0.6 is 34.2 Å². The summed E-state index contributed by atoms with van der Waals surface area (Å²) in [7, 11) is 0. The van der Waals surface area contributed by atoms with Crippen LogP contribution in [-0.4, -0.2) is 4.98 Å². The quantitative estimate of drug-likeness (QED) is 0.676. The van der Waals surface area contributed by atoms with Gasteiger partial charge in [-0.3, -0.25) is 0 Å². The van der Waals surface area contributed by atoms with Crippen LogP contribution < -0.4 is 5.32 Å². The fourth-order valence-electron chi connectivity index (χ4n) is 1.31. The van der Waals surface area contributed by atoms with Crippen molar-refractivity contribution < 1.29 is 4.42 Å². The molecule has 0 bridgehead atoms. The molecule has 2 aromatic rings. The first kappa shape index (κ1) is 11.7. The van der Waals surface area contributed by atoms with Gasteiger partial charge in [0.25, 0.3) is 0 Å². The van der Waals surface area contributed by atoms with Gasteiger partial charge in [-0.15, -0.1) is 0 Å². The number of hydrogen-bond acceptors (Lipinski definition) is 3. The summed E-state index contributed by atoms with van der Waals surface area (Å²) < 4.78 is 6.31. The van der Waals surface area contributed by atoms with Crippen LogP contribution in [-0.2, 0) is 6.54 Å². The molecule has 0 aliphatic carbocycles. The maximum absolute atomic E-state index is 5.96. The van der Waals surface area contributed by atoms with E-state index < -0.39 is 0 Å². The van der Waals surface area contributed by atoms with Crippen molar-refractivity contribution in [3.05, 3.63) is 44.6 Å². The molecule has 2 heterocycles. The van der Waals surface area contributed by atoms with Crippen molar-refractivity contribution >= 4 is 39.9 Å². The van der Waals surface area contributed by atoms with E-state index in [4.69, 9.17) is 16.0 Å². The van der Waals surface area contributed by atoms with Gasteiger partial charge in [0.1, 0.15) is 5.76 Å². The number of pyridine rings is 1. The van der Waals surface area contributed by atoms with E-state index in [2.05, 4.69) is 32.9 Å². The minimum atomic E-state index is 0.479. The second kappa shape index (κ2) is 5.05. The SMILES string of the molecule is Cc1cnc(Cl)c(NCc2ccc(I)o2)c1. The summed E-state index contributed by atoms with van der Waals surface area (Å²) in [5, 5.41) is 3.67. The summed E-state index contributed by atoms with van der Waals surface area (Å²) in [5.41, 5.74) is 1.90. The van der Waals surface area contributed by atoms with E-state index in [0.717, 1.165) is 20.8 Å². The Balaban J connectivity index is 2.07. The van der Waals surface area contributed by atoms with Crippen molar-refractivity contribution in [2.75, 3.05) is 5.32 Å². The number of aryl methyl sites for hydroxylation is 1. The third kappa shape index (κ3) is 2.89. The lowest BCUT2D eigenvalue weighted by atomic mass is 10.3. The molecule has 0 spiro atoms. The minimum Gasteiger partial charge on any atom is -0.454 e. The molecule has 1 N–H and O–H groups in total. The predicted molar refractivity (Wildman–Crippen MR) is 72.7 cm³/mol. The molecule has 0 aliphatic rings. The van der Waals surface area contributed by atoms with Gasteiger partial charge in [-0.25, -0.2) is 4.98 Å². The van der Waals surface area contributed by atoms with E-state index in [1.54, 1.807) is 6.20 Å². The van der Waals surface area contributed by atoms with E-state index in [-0.39, 0.29) is 0 Å². The summed E-state index contributed by atoms with van der Waals surface area (Å²) >= 11 is 8.10. The minimum absolute atomic E-state index is 0.479. The molecule has 2 aromatic heterocycles. The summed E-state index contributed by atoms with van der Waals surface area (Å²) in [4.78, 5) is 4.07. The molecule has 0 saturated heterocycles. The van der Waals surface area contributed by atoms with Crippen molar-refractivity contribution in [2.45, 2.75) is 13.5 Å². The standard InChI is InChI=1S/C11H10ClIN2O/c1-7-4-9(11(12)15-5-7)14-6-8-2-3-10(13)16-8/h2-5,14H,6H2,1H3. The van der Waals surface area contributed by atoms with E-state index in [0.29, 0.717) is 11.7 Å². The molecule has 16 heavy (non-hydrogen) atoms. The molecule has 0 radical (unpaired) electrons. The molecule has 0 aliphatic heterocycles. The first-order valence-electron chi connectivity index (χ1n) is 4.75. The number of anilines is 1. The maximum Gasteiger partial charge on any atom is 0.164 e. The Kier molecular flexibility index (Phi) is 3.70. The van der Waals surface area contributed by atoms with Crippen molar-refractivity contribution in [3.63, 3.8) is 0 Å². The van der Waals surface area contributed by atoms with Crippen LogP contribution in [0, 0.1) is 10.7 Å². The molecule has 0 saturated carbocycles. The zero-order valence-corrected chi connectivity index (χ0v) is 11.5. The Morgan fingerprint density at radius 2 is 2.31 bits per heavy atom. The van der Waals surface area contributed by atoms with Gasteiger partial charge in [0, 0.05) is 6.20 Å². The summed E-state index contributed by atoms with van der Waals surface area (Å²) in [6.45, 7) is 2.58. The Bertz CT molecular complexity index is 498. The molecule has 0 fully saturated rings. The fraction of sp³-hybridized carbons (Fsp3) is 0.182. The number of rotatable bonds is 3.